The Morgan fingerprint density at radius 2 is 1.67 bits per heavy atom. The highest BCUT2D eigenvalue weighted by atomic mass is 16.5. The number of rotatable bonds is 6. The van der Waals surface area contributed by atoms with Crippen molar-refractivity contribution >= 4 is 17.7 Å². The first-order chi connectivity index (χ1) is 14.2. The second-order valence-corrected chi connectivity index (χ2v) is 7.85. The van der Waals surface area contributed by atoms with E-state index in [0.29, 0.717) is 23.3 Å². The van der Waals surface area contributed by atoms with Gasteiger partial charge in [0.1, 0.15) is 11.3 Å². The lowest BCUT2D eigenvalue weighted by Crippen LogP contribution is -2.43. The number of methoxy groups -OCH3 is 1. The fourth-order valence-electron chi connectivity index (χ4n) is 4.02. The van der Waals surface area contributed by atoms with Crippen LogP contribution in [0.2, 0.25) is 0 Å². The van der Waals surface area contributed by atoms with Crippen molar-refractivity contribution in [1.82, 2.24) is 10.2 Å². The first-order valence-corrected chi connectivity index (χ1v) is 10.1. The first kappa shape index (κ1) is 21.6. The summed E-state index contributed by atoms with van der Waals surface area (Å²) in [4.78, 5) is 40.1. The minimum absolute atomic E-state index is 0.246. The number of ether oxygens (including phenoxy) is 1. The standard InChI is InChI=1S/C24H28N2O4/c1-7-24(18-8-10-19(30-6)11-9-18)22(28)26(23(29)25-24)13-21(27)20-12-14(2)15(3)16(4)17(20)5/h8-12H,7,13H2,1-6H3,(H,25,29). The Morgan fingerprint density at radius 1 is 1.03 bits per heavy atom. The van der Waals surface area contributed by atoms with Crippen LogP contribution in [0.3, 0.4) is 0 Å². The van der Waals surface area contributed by atoms with E-state index in [1.54, 1.807) is 31.4 Å². The van der Waals surface area contributed by atoms with Crippen molar-refractivity contribution in [3.63, 3.8) is 0 Å². The van der Waals surface area contributed by atoms with Gasteiger partial charge in [0, 0.05) is 5.56 Å². The molecule has 1 heterocycles. The summed E-state index contributed by atoms with van der Waals surface area (Å²) in [5, 5.41) is 2.82. The number of aryl methyl sites for hydroxylation is 1. The average molecular weight is 408 g/mol. The van der Waals surface area contributed by atoms with Crippen molar-refractivity contribution in [1.29, 1.82) is 0 Å². The molecule has 2 aromatic carbocycles. The van der Waals surface area contributed by atoms with Gasteiger partial charge in [-0.3, -0.25) is 14.5 Å². The average Bonchev–Trinajstić information content (AvgIpc) is 2.99. The lowest BCUT2D eigenvalue weighted by molar-refractivity contribution is -0.131. The van der Waals surface area contributed by atoms with Gasteiger partial charge in [0.25, 0.3) is 5.91 Å². The number of carbonyl (C=O) groups excluding carboxylic acids is 3. The van der Waals surface area contributed by atoms with E-state index < -0.39 is 17.5 Å². The van der Waals surface area contributed by atoms with Gasteiger partial charge in [-0.05, 0) is 80.1 Å². The molecule has 0 bridgehead atoms. The number of amides is 3. The van der Waals surface area contributed by atoms with Crippen LogP contribution in [0.15, 0.2) is 30.3 Å². The molecule has 6 nitrogen and oxygen atoms in total. The molecule has 3 amide bonds. The van der Waals surface area contributed by atoms with Crippen molar-refractivity contribution in [3.05, 3.63) is 63.7 Å². The number of urea groups is 1. The zero-order chi connectivity index (χ0) is 22.2. The number of hydrogen-bond donors (Lipinski definition) is 1. The number of imide groups is 1. The van der Waals surface area contributed by atoms with Crippen LogP contribution in [0.25, 0.3) is 0 Å². The van der Waals surface area contributed by atoms with Crippen molar-refractivity contribution < 1.29 is 19.1 Å². The maximum Gasteiger partial charge on any atom is 0.325 e. The van der Waals surface area contributed by atoms with E-state index >= 15 is 0 Å². The lowest BCUT2D eigenvalue weighted by atomic mass is 9.87. The Kier molecular flexibility index (Phi) is 5.70. The van der Waals surface area contributed by atoms with E-state index in [2.05, 4.69) is 5.32 Å². The molecule has 158 valence electrons. The zero-order valence-electron chi connectivity index (χ0n) is 18.4. The highest BCUT2D eigenvalue weighted by Crippen LogP contribution is 2.33. The van der Waals surface area contributed by atoms with Gasteiger partial charge in [-0.25, -0.2) is 4.79 Å². The molecule has 1 unspecified atom stereocenters. The van der Waals surface area contributed by atoms with Crippen LogP contribution in [0.4, 0.5) is 4.79 Å². The topological polar surface area (TPSA) is 75.7 Å². The third-order valence-electron chi connectivity index (χ3n) is 6.37. The second kappa shape index (κ2) is 7.94. The number of ketones is 1. The molecular formula is C24H28N2O4. The van der Waals surface area contributed by atoms with Crippen molar-refractivity contribution in [2.24, 2.45) is 0 Å². The largest absolute Gasteiger partial charge is 0.497 e. The Bertz CT molecular complexity index is 1030. The highest BCUT2D eigenvalue weighted by molar-refractivity contribution is 6.11. The smallest absolute Gasteiger partial charge is 0.325 e. The summed E-state index contributed by atoms with van der Waals surface area (Å²) in [7, 11) is 1.57. The molecule has 3 rings (SSSR count). The molecule has 0 radical (unpaired) electrons. The van der Waals surface area contributed by atoms with E-state index in [1.807, 2.05) is 40.7 Å². The molecule has 1 aliphatic heterocycles. The molecule has 1 saturated heterocycles. The lowest BCUT2D eigenvalue weighted by Gasteiger charge is -2.26. The third-order valence-corrected chi connectivity index (χ3v) is 6.37. The second-order valence-electron chi connectivity index (χ2n) is 7.85. The number of hydrogen-bond acceptors (Lipinski definition) is 4. The summed E-state index contributed by atoms with van der Waals surface area (Å²) in [6, 6.07) is 8.33. The SMILES string of the molecule is CCC1(c2ccc(OC)cc2)NC(=O)N(CC(=O)c2cc(C)c(C)c(C)c2C)C1=O. The fraction of sp³-hybridized carbons (Fsp3) is 0.375. The van der Waals surface area contributed by atoms with Crippen molar-refractivity contribution in [2.45, 2.75) is 46.6 Å². The van der Waals surface area contributed by atoms with Gasteiger partial charge in [-0.1, -0.05) is 19.1 Å². The molecule has 1 atom stereocenters. The Balaban J connectivity index is 1.92. The van der Waals surface area contributed by atoms with Crippen LogP contribution in [-0.4, -0.2) is 36.3 Å². The summed E-state index contributed by atoms with van der Waals surface area (Å²) in [6.07, 6.45) is 0.371. The maximum absolute atomic E-state index is 13.3. The zero-order valence-corrected chi connectivity index (χ0v) is 18.4. The molecule has 30 heavy (non-hydrogen) atoms. The Morgan fingerprint density at radius 3 is 2.23 bits per heavy atom. The molecule has 1 fully saturated rings. The molecular weight excluding hydrogens is 380 g/mol. The van der Waals surface area contributed by atoms with Gasteiger partial charge in [0.15, 0.2) is 5.78 Å². The summed E-state index contributed by atoms with van der Waals surface area (Å²) < 4.78 is 5.18. The third kappa shape index (κ3) is 3.36. The van der Waals surface area contributed by atoms with Crippen LogP contribution in [0, 0.1) is 27.7 Å². The minimum Gasteiger partial charge on any atom is -0.497 e. The molecule has 0 aliphatic carbocycles. The van der Waals surface area contributed by atoms with Crippen LogP contribution in [0.5, 0.6) is 5.75 Å². The van der Waals surface area contributed by atoms with E-state index in [-0.39, 0.29) is 12.3 Å². The van der Waals surface area contributed by atoms with Crippen LogP contribution in [0.1, 0.15) is 51.5 Å². The minimum atomic E-state index is -1.18. The van der Waals surface area contributed by atoms with E-state index in [9.17, 15) is 14.4 Å². The van der Waals surface area contributed by atoms with Gasteiger partial charge in [0.05, 0.1) is 13.7 Å². The van der Waals surface area contributed by atoms with Gasteiger partial charge in [0.2, 0.25) is 0 Å². The number of nitrogens with zero attached hydrogens (tertiary/aromatic N) is 1. The van der Waals surface area contributed by atoms with Crippen molar-refractivity contribution in [3.8, 4) is 5.75 Å². The Hall–Kier alpha value is -3.15. The van der Waals surface area contributed by atoms with E-state index in [1.165, 1.54) is 0 Å². The van der Waals surface area contributed by atoms with Gasteiger partial charge in [-0.15, -0.1) is 0 Å². The predicted molar refractivity (Wildman–Crippen MR) is 115 cm³/mol. The number of nitrogens with one attached hydrogen (secondary N) is 1. The fourth-order valence-corrected chi connectivity index (χ4v) is 4.02. The van der Waals surface area contributed by atoms with Crippen molar-refractivity contribution in [2.75, 3.05) is 13.7 Å². The summed E-state index contributed by atoms with van der Waals surface area (Å²) >= 11 is 0. The molecule has 1 aliphatic rings. The monoisotopic (exact) mass is 408 g/mol. The van der Waals surface area contributed by atoms with Gasteiger partial charge in [-0.2, -0.15) is 0 Å². The van der Waals surface area contributed by atoms with Crippen LogP contribution < -0.4 is 10.1 Å². The molecule has 0 spiro atoms. The molecule has 2 aromatic rings. The maximum atomic E-state index is 13.3. The van der Waals surface area contributed by atoms with Gasteiger partial charge >= 0.3 is 6.03 Å². The number of Topliss-reactive ketones (excluding diaryl/α,β-unsaturated/α-hetero) is 1. The van der Waals surface area contributed by atoms with E-state index in [0.717, 1.165) is 27.2 Å². The normalized spacial score (nSPS) is 18.5. The molecule has 0 aromatic heterocycles. The molecule has 1 N–H and O–H groups in total. The highest BCUT2D eigenvalue weighted by Gasteiger charge is 2.51. The molecule has 6 heteroatoms. The summed E-state index contributed by atoms with van der Waals surface area (Å²) in [5.41, 5.74) is 4.12. The van der Waals surface area contributed by atoms with Crippen LogP contribution in [-0.2, 0) is 10.3 Å². The van der Waals surface area contributed by atoms with E-state index in [4.69, 9.17) is 4.74 Å². The number of benzene rings is 2. The summed E-state index contributed by atoms with van der Waals surface area (Å²) in [5.74, 6) is 0.00459. The predicted octanol–water partition coefficient (Wildman–Crippen LogP) is 3.97. The van der Waals surface area contributed by atoms with Gasteiger partial charge < -0.3 is 10.1 Å². The Labute approximate surface area is 177 Å². The van der Waals surface area contributed by atoms with Crippen LogP contribution >= 0.6 is 0 Å². The first-order valence-electron chi connectivity index (χ1n) is 10.1. The number of carbonyl (C=O) groups is 3. The quantitative estimate of drug-likeness (QED) is 0.580. The summed E-state index contributed by atoms with van der Waals surface area (Å²) in [6.45, 7) is 9.41. The molecule has 0 saturated carbocycles.